The normalized spacial score (nSPS) is 10.0. The summed E-state index contributed by atoms with van der Waals surface area (Å²) in [5, 5.41) is 0.651. The van der Waals surface area contributed by atoms with E-state index < -0.39 is 0 Å². The molecular weight excluding hydrogens is 277 g/mol. The van der Waals surface area contributed by atoms with Gasteiger partial charge in [-0.2, -0.15) is 0 Å². The quantitative estimate of drug-likeness (QED) is 0.768. The number of pyridine rings is 1. The third-order valence-corrected chi connectivity index (χ3v) is 2.44. The summed E-state index contributed by atoms with van der Waals surface area (Å²) < 4.78 is 6.33. The van der Waals surface area contributed by atoms with Crippen molar-refractivity contribution in [3.63, 3.8) is 0 Å². The topological polar surface area (TPSA) is 22.1 Å². The lowest BCUT2D eigenvalue weighted by Crippen LogP contribution is -1.84. The average Bonchev–Trinajstić information content (AvgIpc) is 2.22. The van der Waals surface area contributed by atoms with E-state index in [0.29, 0.717) is 16.5 Å². The van der Waals surface area contributed by atoms with Crippen LogP contribution in [0.5, 0.6) is 11.5 Å². The summed E-state index contributed by atoms with van der Waals surface area (Å²) in [6.07, 6.45) is 1.64. The van der Waals surface area contributed by atoms with Crippen LogP contribution < -0.4 is 4.74 Å². The van der Waals surface area contributed by atoms with Crippen molar-refractivity contribution >= 4 is 27.5 Å². The number of nitrogens with zero attached hydrogens (tertiary/aromatic N) is 1. The summed E-state index contributed by atoms with van der Waals surface area (Å²) in [7, 11) is 0. The number of aromatic nitrogens is 1. The summed E-state index contributed by atoms with van der Waals surface area (Å²) in [5.74, 6) is 1.38. The Kier molecular flexibility index (Phi) is 3.23. The van der Waals surface area contributed by atoms with Crippen molar-refractivity contribution in [1.29, 1.82) is 0 Å². The van der Waals surface area contributed by atoms with E-state index in [-0.39, 0.29) is 0 Å². The van der Waals surface area contributed by atoms with Crippen molar-refractivity contribution in [3.8, 4) is 11.5 Å². The zero-order chi connectivity index (χ0) is 10.7. The Bertz CT molecular complexity index is 458. The number of hydrogen-bond acceptors (Lipinski definition) is 2. The van der Waals surface area contributed by atoms with Gasteiger partial charge in [0.05, 0.1) is 6.20 Å². The van der Waals surface area contributed by atoms with Gasteiger partial charge in [0.1, 0.15) is 16.1 Å². The van der Waals surface area contributed by atoms with Gasteiger partial charge >= 0.3 is 0 Å². The van der Waals surface area contributed by atoms with E-state index in [9.17, 15) is 0 Å². The lowest BCUT2D eigenvalue weighted by atomic mass is 10.3. The van der Waals surface area contributed by atoms with Crippen molar-refractivity contribution in [2.75, 3.05) is 0 Å². The van der Waals surface area contributed by atoms with E-state index >= 15 is 0 Å². The molecule has 76 valence electrons. The maximum Gasteiger partial charge on any atom is 0.145 e. The number of hydrogen-bond donors (Lipinski definition) is 0. The molecule has 0 saturated carbocycles. The highest BCUT2D eigenvalue weighted by Gasteiger charge is 1.98. The fourth-order valence-corrected chi connectivity index (χ4v) is 1.50. The first-order chi connectivity index (χ1) is 7.24. The SMILES string of the molecule is Clc1cccc(Oc2ccc(Br)nc2)c1. The molecule has 1 heterocycles. The van der Waals surface area contributed by atoms with Gasteiger partial charge in [0.15, 0.2) is 0 Å². The predicted octanol–water partition coefficient (Wildman–Crippen LogP) is 4.29. The van der Waals surface area contributed by atoms with Crippen LogP contribution in [0.2, 0.25) is 5.02 Å². The van der Waals surface area contributed by atoms with Crippen LogP contribution in [-0.2, 0) is 0 Å². The van der Waals surface area contributed by atoms with Crippen molar-refractivity contribution < 1.29 is 4.74 Å². The second-order valence-corrected chi connectivity index (χ2v) is 4.12. The summed E-state index contributed by atoms with van der Waals surface area (Å²) in [5.41, 5.74) is 0. The second kappa shape index (κ2) is 4.64. The Hall–Kier alpha value is -1.06. The van der Waals surface area contributed by atoms with Crippen LogP contribution in [0.1, 0.15) is 0 Å². The van der Waals surface area contributed by atoms with Crippen LogP contribution >= 0.6 is 27.5 Å². The molecular formula is C11H7BrClNO. The Morgan fingerprint density at radius 2 is 2.00 bits per heavy atom. The third kappa shape index (κ3) is 2.94. The van der Waals surface area contributed by atoms with Gasteiger partial charge in [0.2, 0.25) is 0 Å². The zero-order valence-corrected chi connectivity index (χ0v) is 9.99. The number of ether oxygens (including phenoxy) is 1. The van der Waals surface area contributed by atoms with Gasteiger partial charge in [0, 0.05) is 5.02 Å². The fourth-order valence-electron chi connectivity index (χ4n) is 1.09. The first kappa shape index (κ1) is 10.5. The summed E-state index contributed by atoms with van der Waals surface area (Å²) in [6.45, 7) is 0. The minimum atomic E-state index is 0.651. The van der Waals surface area contributed by atoms with Crippen LogP contribution in [0, 0.1) is 0 Å². The molecule has 0 unspecified atom stereocenters. The van der Waals surface area contributed by atoms with Crippen LogP contribution in [0.4, 0.5) is 0 Å². The minimum absolute atomic E-state index is 0.651. The molecule has 0 N–H and O–H groups in total. The van der Waals surface area contributed by atoms with Gasteiger partial charge in [-0.25, -0.2) is 4.98 Å². The molecule has 0 aliphatic carbocycles. The van der Waals surface area contributed by atoms with Crippen LogP contribution in [0.25, 0.3) is 0 Å². The molecule has 0 radical (unpaired) electrons. The van der Waals surface area contributed by atoms with Crippen LogP contribution in [0.3, 0.4) is 0 Å². The molecule has 1 aromatic carbocycles. The highest BCUT2D eigenvalue weighted by molar-refractivity contribution is 9.10. The van der Waals surface area contributed by atoms with Gasteiger partial charge in [0.25, 0.3) is 0 Å². The smallest absolute Gasteiger partial charge is 0.145 e. The maximum atomic E-state index is 5.83. The molecule has 0 fully saturated rings. The number of halogens is 2. The second-order valence-electron chi connectivity index (χ2n) is 2.88. The highest BCUT2D eigenvalue weighted by atomic mass is 79.9. The van der Waals surface area contributed by atoms with Gasteiger partial charge in [-0.1, -0.05) is 17.7 Å². The fraction of sp³-hybridized carbons (Fsp3) is 0. The summed E-state index contributed by atoms with van der Waals surface area (Å²) >= 11 is 9.09. The first-order valence-corrected chi connectivity index (χ1v) is 5.46. The molecule has 4 heteroatoms. The minimum Gasteiger partial charge on any atom is -0.456 e. The van der Waals surface area contributed by atoms with Crippen molar-refractivity contribution in [2.24, 2.45) is 0 Å². The molecule has 2 aromatic rings. The molecule has 0 aliphatic rings. The molecule has 1 aromatic heterocycles. The molecule has 2 nitrogen and oxygen atoms in total. The number of rotatable bonds is 2. The third-order valence-electron chi connectivity index (χ3n) is 1.73. The maximum absolute atomic E-state index is 5.83. The van der Waals surface area contributed by atoms with Gasteiger partial charge in [-0.15, -0.1) is 0 Å². The predicted molar refractivity (Wildman–Crippen MR) is 63.5 cm³/mol. The van der Waals surface area contributed by atoms with Crippen LogP contribution in [0.15, 0.2) is 47.2 Å². The van der Waals surface area contributed by atoms with E-state index in [1.807, 2.05) is 24.3 Å². The molecule has 2 rings (SSSR count). The first-order valence-electron chi connectivity index (χ1n) is 4.29. The van der Waals surface area contributed by atoms with E-state index in [4.69, 9.17) is 16.3 Å². The molecule has 0 spiro atoms. The van der Waals surface area contributed by atoms with Crippen molar-refractivity contribution in [1.82, 2.24) is 4.98 Å². The molecule has 0 atom stereocenters. The molecule has 0 amide bonds. The van der Waals surface area contributed by atoms with Gasteiger partial charge in [-0.3, -0.25) is 0 Å². The van der Waals surface area contributed by atoms with Crippen molar-refractivity contribution in [2.45, 2.75) is 0 Å². The molecule has 0 saturated heterocycles. The summed E-state index contributed by atoms with van der Waals surface area (Å²) in [4.78, 5) is 4.06. The Labute approximate surface area is 101 Å². The average molecular weight is 285 g/mol. The molecule has 0 aliphatic heterocycles. The monoisotopic (exact) mass is 283 g/mol. The summed E-state index contributed by atoms with van der Waals surface area (Å²) in [6, 6.07) is 10.9. The molecule has 0 bridgehead atoms. The largest absolute Gasteiger partial charge is 0.456 e. The van der Waals surface area contributed by atoms with Crippen LogP contribution in [-0.4, -0.2) is 4.98 Å². The van der Waals surface area contributed by atoms with E-state index in [1.54, 1.807) is 18.3 Å². The Balaban J connectivity index is 2.18. The zero-order valence-electron chi connectivity index (χ0n) is 7.65. The van der Waals surface area contributed by atoms with E-state index in [0.717, 1.165) is 4.60 Å². The van der Waals surface area contributed by atoms with E-state index in [2.05, 4.69) is 20.9 Å². The lowest BCUT2D eigenvalue weighted by molar-refractivity contribution is 0.480. The van der Waals surface area contributed by atoms with Gasteiger partial charge in [-0.05, 0) is 46.3 Å². The van der Waals surface area contributed by atoms with Gasteiger partial charge < -0.3 is 4.74 Å². The standard InChI is InChI=1S/C11H7BrClNO/c12-11-5-4-10(7-14-11)15-9-3-1-2-8(13)6-9/h1-7H. The number of benzene rings is 1. The Morgan fingerprint density at radius 1 is 1.13 bits per heavy atom. The van der Waals surface area contributed by atoms with Crippen molar-refractivity contribution in [3.05, 3.63) is 52.2 Å². The van der Waals surface area contributed by atoms with E-state index in [1.165, 1.54) is 0 Å². The molecule has 15 heavy (non-hydrogen) atoms. The highest BCUT2D eigenvalue weighted by Crippen LogP contribution is 2.23. The Morgan fingerprint density at radius 3 is 2.67 bits per heavy atom. The lowest BCUT2D eigenvalue weighted by Gasteiger charge is -2.04.